The zero-order valence-corrected chi connectivity index (χ0v) is 23.4. The molecular formula is C30H52N2O3. The van der Waals surface area contributed by atoms with Crippen molar-refractivity contribution in [2.45, 2.75) is 116 Å². The minimum atomic E-state index is 0.226. The number of carbonyl (C=O) groups is 1. The lowest BCUT2D eigenvalue weighted by Crippen LogP contribution is -2.48. The number of benzene rings is 1. The summed E-state index contributed by atoms with van der Waals surface area (Å²) in [5, 5.41) is 0. The molecule has 0 N–H and O–H groups in total. The highest BCUT2D eigenvalue weighted by molar-refractivity contribution is 5.95. The van der Waals surface area contributed by atoms with E-state index in [0.29, 0.717) is 18.2 Å². The van der Waals surface area contributed by atoms with Crippen LogP contribution < -0.4 is 14.4 Å². The number of methoxy groups -OCH3 is 2. The Morgan fingerprint density at radius 3 is 1.80 bits per heavy atom. The first-order valence-electron chi connectivity index (χ1n) is 14.2. The van der Waals surface area contributed by atoms with Gasteiger partial charge in [-0.1, -0.05) is 90.4 Å². The van der Waals surface area contributed by atoms with Crippen molar-refractivity contribution >= 4 is 11.6 Å². The monoisotopic (exact) mass is 488 g/mol. The second-order valence-electron chi connectivity index (χ2n) is 10.5. The normalized spacial score (nSPS) is 15.4. The number of ether oxygens (including phenoxy) is 2. The SMILES string of the molecule is CCCCCCCCCCCCCCCCC(=O)N1CC(N(C)C)Cc2cc(OC)c(OC)cc21. The molecular weight excluding hydrogens is 436 g/mol. The molecule has 2 rings (SSSR count). The Bertz CT molecular complexity index is 735. The van der Waals surface area contributed by atoms with Crippen LogP contribution in [0.1, 0.15) is 109 Å². The largest absolute Gasteiger partial charge is 0.493 e. The Balaban J connectivity index is 1.70. The molecule has 0 saturated heterocycles. The molecule has 0 radical (unpaired) electrons. The second kappa shape index (κ2) is 16.8. The second-order valence-corrected chi connectivity index (χ2v) is 10.5. The van der Waals surface area contributed by atoms with E-state index in [1.807, 2.05) is 17.0 Å². The molecule has 5 heteroatoms. The molecule has 0 spiro atoms. The van der Waals surface area contributed by atoms with Gasteiger partial charge < -0.3 is 19.3 Å². The number of likely N-dealkylation sites (N-methyl/N-ethyl adjacent to an activating group) is 1. The first kappa shape index (κ1) is 29.5. The number of nitrogens with zero attached hydrogens (tertiary/aromatic N) is 2. The molecule has 1 heterocycles. The number of hydrogen-bond donors (Lipinski definition) is 0. The summed E-state index contributed by atoms with van der Waals surface area (Å²) in [6.07, 6.45) is 20.1. The number of carbonyl (C=O) groups excluding carboxylic acids is 1. The van der Waals surface area contributed by atoms with E-state index >= 15 is 0 Å². The maximum atomic E-state index is 13.2. The van der Waals surface area contributed by atoms with E-state index in [9.17, 15) is 4.79 Å². The van der Waals surface area contributed by atoms with Crippen LogP contribution in [0.25, 0.3) is 0 Å². The number of amides is 1. The van der Waals surface area contributed by atoms with Crippen molar-refractivity contribution < 1.29 is 14.3 Å². The summed E-state index contributed by atoms with van der Waals surface area (Å²) in [6.45, 7) is 3.01. The number of unbranched alkanes of at least 4 members (excludes halogenated alkanes) is 13. The Morgan fingerprint density at radius 2 is 1.31 bits per heavy atom. The standard InChI is InChI=1S/C30H52N2O3/c1-6-7-8-9-10-11-12-13-14-15-16-17-18-19-20-30(33)32-24-26(31(2)3)21-25-22-28(34-4)29(35-5)23-27(25)32/h22-23,26H,6-21,24H2,1-5H3. The van der Waals surface area contributed by atoms with Gasteiger partial charge >= 0.3 is 0 Å². The predicted molar refractivity (Wildman–Crippen MR) is 148 cm³/mol. The highest BCUT2D eigenvalue weighted by Gasteiger charge is 2.30. The van der Waals surface area contributed by atoms with Crippen molar-refractivity contribution in [3.05, 3.63) is 17.7 Å². The lowest BCUT2D eigenvalue weighted by Gasteiger charge is -2.38. The zero-order chi connectivity index (χ0) is 25.5. The topological polar surface area (TPSA) is 42.0 Å². The summed E-state index contributed by atoms with van der Waals surface area (Å²) in [5.41, 5.74) is 2.14. The molecule has 0 aliphatic carbocycles. The first-order chi connectivity index (χ1) is 17.0. The van der Waals surface area contributed by atoms with Gasteiger partial charge in [-0.05, 0) is 38.6 Å². The third-order valence-electron chi connectivity index (χ3n) is 7.50. The third-order valence-corrected chi connectivity index (χ3v) is 7.50. The van der Waals surface area contributed by atoms with Gasteiger partial charge in [0.2, 0.25) is 5.91 Å². The number of fused-ring (bicyclic) bond motifs is 1. The molecule has 1 aromatic carbocycles. The van der Waals surface area contributed by atoms with Gasteiger partial charge in [0.05, 0.1) is 19.9 Å². The molecule has 0 fully saturated rings. The summed E-state index contributed by atoms with van der Waals surface area (Å²) in [7, 11) is 7.49. The zero-order valence-electron chi connectivity index (χ0n) is 23.4. The van der Waals surface area contributed by atoms with Crippen LogP contribution in [0.15, 0.2) is 12.1 Å². The summed E-state index contributed by atoms with van der Waals surface area (Å²) in [5.74, 6) is 1.64. The minimum Gasteiger partial charge on any atom is -0.493 e. The van der Waals surface area contributed by atoms with Crippen LogP contribution in [-0.2, 0) is 11.2 Å². The fourth-order valence-electron chi connectivity index (χ4n) is 5.14. The quantitative estimate of drug-likeness (QED) is 0.202. The maximum absolute atomic E-state index is 13.2. The fraction of sp³-hybridized carbons (Fsp3) is 0.767. The van der Waals surface area contributed by atoms with Crippen molar-refractivity contribution in [1.82, 2.24) is 4.90 Å². The van der Waals surface area contributed by atoms with Gasteiger partial charge in [0, 0.05) is 25.1 Å². The van der Waals surface area contributed by atoms with Crippen LogP contribution in [0, 0.1) is 0 Å². The van der Waals surface area contributed by atoms with Gasteiger partial charge in [-0.2, -0.15) is 0 Å². The summed E-state index contributed by atoms with van der Waals surface area (Å²) >= 11 is 0. The van der Waals surface area contributed by atoms with Crippen molar-refractivity contribution in [2.24, 2.45) is 0 Å². The third kappa shape index (κ3) is 10.0. The Kier molecular flexibility index (Phi) is 14.2. The van der Waals surface area contributed by atoms with E-state index in [4.69, 9.17) is 9.47 Å². The van der Waals surface area contributed by atoms with E-state index < -0.39 is 0 Å². The minimum absolute atomic E-state index is 0.226. The average Bonchev–Trinajstić information content (AvgIpc) is 2.87. The molecule has 1 atom stereocenters. The van der Waals surface area contributed by atoms with Crippen molar-refractivity contribution in [3.63, 3.8) is 0 Å². The Hall–Kier alpha value is -1.75. The van der Waals surface area contributed by atoms with E-state index in [2.05, 4.69) is 25.9 Å². The van der Waals surface area contributed by atoms with E-state index in [1.54, 1.807) is 14.2 Å². The lowest BCUT2D eigenvalue weighted by atomic mass is 9.95. The summed E-state index contributed by atoms with van der Waals surface area (Å²) < 4.78 is 11.0. The summed E-state index contributed by atoms with van der Waals surface area (Å²) in [6, 6.07) is 4.32. The van der Waals surface area contributed by atoms with Crippen LogP contribution in [0.2, 0.25) is 0 Å². The molecule has 1 aliphatic heterocycles. The first-order valence-corrected chi connectivity index (χ1v) is 14.2. The van der Waals surface area contributed by atoms with Gasteiger partial charge in [0.1, 0.15) is 0 Å². The molecule has 1 aromatic rings. The van der Waals surface area contributed by atoms with E-state index in [1.165, 1.54) is 77.0 Å². The van der Waals surface area contributed by atoms with Gasteiger partial charge in [0.15, 0.2) is 11.5 Å². The molecule has 1 aliphatic rings. The van der Waals surface area contributed by atoms with Crippen LogP contribution in [0.3, 0.4) is 0 Å². The van der Waals surface area contributed by atoms with Crippen molar-refractivity contribution in [2.75, 3.05) is 39.8 Å². The van der Waals surface area contributed by atoms with Gasteiger partial charge in [-0.25, -0.2) is 0 Å². The van der Waals surface area contributed by atoms with E-state index in [-0.39, 0.29) is 5.91 Å². The van der Waals surface area contributed by atoms with Crippen LogP contribution >= 0.6 is 0 Å². The smallest absolute Gasteiger partial charge is 0.227 e. The molecule has 35 heavy (non-hydrogen) atoms. The number of rotatable bonds is 18. The predicted octanol–water partition coefficient (Wildman–Crippen LogP) is 7.39. The molecule has 1 unspecified atom stereocenters. The fourth-order valence-corrected chi connectivity index (χ4v) is 5.14. The highest BCUT2D eigenvalue weighted by atomic mass is 16.5. The summed E-state index contributed by atoms with van der Waals surface area (Å²) in [4.78, 5) is 17.4. The average molecular weight is 489 g/mol. The van der Waals surface area contributed by atoms with Crippen LogP contribution in [0.5, 0.6) is 11.5 Å². The van der Waals surface area contributed by atoms with Crippen LogP contribution in [0.4, 0.5) is 5.69 Å². The van der Waals surface area contributed by atoms with Gasteiger partial charge in [0.25, 0.3) is 0 Å². The number of hydrogen-bond acceptors (Lipinski definition) is 4. The van der Waals surface area contributed by atoms with Crippen molar-refractivity contribution in [3.8, 4) is 11.5 Å². The highest BCUT2D eigenvalue weighted by Crippen LogP contribution is 2.39. The molecule has 5 nitrogen and oxygen atoms in total. The van der Waals surface area contributed by atoms with Crippen LogP contribution in [-0.4, -0.2) is 51.7 Å². The molecule has 1 amide bonds. The molecule has 0 saturated carbocycles. The maximum Gasteiger partial charge on any atom is 0.227 e. The van der Waals surface area contributed by atoms with Crippen molar-refractivity contribution in [1.29, 1.82) is 0 Å². The molecule has 0 aromatic heterocycles. The Labute approximate surface area is 215 Å². The van der Waals surface area contributed by atoms with Gasteiger partial charge in [-0.3, -0.25) is 4.79 Å². The lowest BCUT2D eigenvalue weighted by molar-refractivity contribution is -0.119. The van der Waals surface area contributed by atoms with Gasteiger partial charge in [-0.15, -0.1) is 0 Å². The Morgan fingerprint density at radius 1 is 0.829 bits per heavy atom. The molecule has 0 bridgehead atoms. The number of anilines is 1. The molecule has 200 valence electrons. The van der Waals surface area contributed by atoms with E-state index in [0.717, 1.165) is 42.8 Å².